The average Bonchev–Trinajstić information content (AvgIpc) is 2.42. The third-order valence-corrected chi connectivity index (χ3v) is 3.24. The number of nitro groups is 1. The van der Waals surface area contributed by atoms with E-state index in [1.54, 1.807) is 11.0 Å². The number of piperazine rings is 1. The second kappa shape index (κ2) is 7.29. The molecule has 1 rings (SSSR count). The molecule has 22 heavy (non-hydrogen) atoms. The van der Waals surface area contributed by atoms with Crippen molar-refractivity contribution in [2.75, 3.05) is 26.2 Å². The van der Waals surface area contributed by atoms with E-state index >= 15 is 0 Å². The molecule has 0 aliphatic carbocycles. The molecule has 1 fully saturated rings. The Kier molecular flexibility index (Phi) is 5.96. The lowest BCUT2D eigenvalue weighted by Crippen LogP contribution is -2.49. The van der Waals surface area contributed by atoms with Crippen molar-refractivity contribution in [2.24, 2.45) is 0 Å². The summed E-state index contributed by atoms with van der Waals surface area (Å²) in [7, 11) is 0. The van der Waals surface area contributed by atoms with Crippen LogP contribution in [0.5, 0.6) is 0 Å². The van der Waals surface area contributed by atoms with Crippen LogP contribution in [0.4, 0.5) is 4.79 Å². The number of hydrogen-bond donors (Lipinski definition) is 0. The first-order valence-corrected chi connectivity index (χ1v) is 7.36. The van der Waals surface area contributed by atoms with Crippen molar-refractivity contribution in [1.82, 2.24) is 9.80 Å². The molecule has 0 aromatic heterocycles. The monoisotopic (exact) mass is 311 g/mol. The zero-order valence-corrected chi connectivity index (χ0v) is 14.0. The lowest BCUT2D eigenvalue weighted by Gasteiger charge is -2.37. The Morgan fingerprint density at radius 3 is 2.09 bits per heavy atom. The molecule has 0 N–H and O–H groups in total. The lowest BCUT2D eigenvalue weighted by molar-refractivity contribution is -0.424. The maximum atomic E-state index is 12.0. The number of rotatable bonds is 3. The quantitative estimate of drug-likeness (QED) is 0.455. The molecule has 0 saturated carbocycles. The summed E-state index contributed by atoms with van der Waals surface area (Å²) in [6, 6.07) is 0. The van der Waals surface area contributed by atoms with Gasteiger partial charge in [-0.3, -0.25) is 10.1 Å². The van der Waals surface area contributed by atoms with Gasteiger partial charge in [0.2, 0.25) is 5.70 Å². The van der Waals surface area contributed by atoms with Crippen LogP contribution in [-0.4, -0.2) is 52.6 Å². The molecule has 7 heteroatoms. The minimum Gasteiger partial charge on any atom is -0.444 e. The normalized spacial score (nSPS) is 17.5. The van der Waals surface area contributed by atoms with E-state index in [-0.39, 0.29) is 11.8 Å². The van der Waals surface area contributed by atoms with E-state index in [0.29, 0.717) is 26.2 Å². The van der Waals surface area contributed by atoms with E-state index in [0.717, 1.165) is 5.70 Å². The second-order valence-electron chi connectivity index (χ2n) is 6.21. The van der Waals surface area contributed by atoms with Crippen molar-refractivity contribution in [3.8, 4) is 0 Å². The minimum absolute atomic E-state index is 0.0997. The summed E-state index contributed by atoms with van der Waals surface area (Å²) < 4.78 is 5.35. The molecular formula is C15H25N3O4. The summed E-state index contributed by atoms with van der Waals surface area (Å²) >= 11 is 0. The van der Waals surface area contributed by atoms with Crippen LogP contribution in [-0.2, 0) is 4.74 Å². The van der Waals surface area contributed by atoms with Gasteiger partial charge in [-0.05, 0) is 27.7 Å². The molecule has 1 amide bonds. The zero-order valence-electron chi connectivity index (χ0n) is 14.0. The Balaban J connectivity index is 2.63. The third-order valence-electron chi connectivity index (χ3n) is 3.24. The Morgan fingerprint density at radius 1 is 1.18 bits per heavy atom. The Hall–Kier alpha value is -2.05. The summed E-state index contributed by atoms with van der Waals surface area (Å²) in [5.74, 6) is 0. The first-order chi connectivity index (χ1) is 10.1. The summed E-state index contributed by atoms with van der Waals surface area (Å²) in [5.41, 5.74) is 0.398. The molecule has 0 aromatic carbocycles. The van der Waals surface area contributed by atoms with Crippen molar-refractivity contribution in [3.63, 3.8) is 0 Å². The van der Waals surface area contributed by atoms with Crippen molar-refractivity contribution in [3.05, 3.63) is 33.7 Å². The number of amides is 1. The maximum Gasteiger partial charge on any atom is 0.410 e. The Labute approximate surface area is 131 Å². The van der Waals surface area contributed by atoms with Crippen molar-refractivity contribution in [2.45, 2.75) is 40.2 Å². The van der Waals surface area contributed by atoms with Crippen LogP contribution < -0.4 is 0 Å². The smallest absolute Gasteiger partial charge is 0.410 e. The SMILES string of the molecule is C/C=C(\C=C(/C)[N+](=O)[O-])N1CCN(C(=O)OC(C)(C)C)CC1. The van der Waals surface area contributed by atoms with Gasteiger partial charge in [-0.15, -0.1) is 0 Å². The molecule has 1 aliphatic rings. The van der Waals surface area contributed by atoms with Gasteiger partial charge in [-0.1, -0.05) is 6.08 Å². The summed E-state index contributed by atoms with van der Waals surface area (Å²) in [5, 5.41) is 10.7. The van der Waals surface area contributed by atoms with Crippen LogP contribution in [0, 0.1) is 10.1 Å². The van der Waals surface area contributed by atoms with Gasteiger partial charge in [0, 0.05) is 44.9 Å². The van der Waals surface area contributed by atoms with Crippen LogP contribution in [0.3, 0.4) is 0 Å². The van der Waals surface area contributed by atoms with E-state index in [4.69, 9.17) is 4.74 Å². The predicted octanol–water partition coefficient (Wildman–Crippen LogP) is 2.62. The van der Waals surface area contributed by atoms with Crippen LogP contribution in [0.25, 0.3) is 0 Å². The molecule has 1 heterocycles. The van der Waals surface area contributed by atoms with Crippen LogP contribution in [0.1, 0.15) is 34.6 Å². The van der Waals surface area contributed by atoms with Gasteiger partial charge in [0.25, 0.3) is 0 Å². The molecule has 124 valence electrons. The largest absolute Gasteiger partial charge is 0.444 e. The van der Waals surface area contributed by atoms with E-state index in [1.165, 1.54) is 6.92 Å². The number of carbonyl (C=O) groups excluding carboxylic acids is 1. The van der Waals surface area contributed by atoms with Crippen molar-refractivity contribution in [1.29, 1.82) is 0 Å². The first kappa shape index (κ1) is 18.0. The second-order valence-corrected chi connectivity index (χ2v) is 6.21. The van der Waals surface area contributed by atoms with Crippen LogP contribution in [0.15, 0.2) is 23.5 Å². The maximum absolute atomic E-state index is 12.0. The molecule has 0 aromatic rings. The van der Waals surface area contributed by atoms with Gasteiger partial charge in [0.1, 0.15) is 5.60 Å². The molecule has 0 unspecified atom stereocenters. The average molecular weight is 311 g/mol. The van der Waals surface area contributed by atoms with Gasteiger partial charge in [-0.2, -0.15) is 0 Å². The third kappa shape index (κ3) is 5.38. The molecule has 0 spiro atoms. The highest BCUT2D eigenvalue weighted by atomic mass is 16.6. The fourth-order valence-electron chi connectivity index (χ4n) is 2.10. The predicted molar refractivity (Wildman–Crippen MR) is 83.9 cm³/mol. The molecule has 7 nitrogen and oxygen atoms in total. The molecular weight excluding hydrogens is 286 g/mol. The topological polar surface area (TPSA) is 75.9 Å². The Morgan fingerprint density at radius 2 is 1.68 bits per heavy atom. The van der Waals surface area contributed by atoms with E-state index in [9.17, 15) is 14.9 Å². The molecule has 0 atom stereocenters. The van der Waals surface area contributed by atoms with Gasteiger partial charge < -0.3 is 14.5 Å². The zero-order chi connectivity index (χ0) is 16.9. The number of carbonyl (C=O) groups is 1. The van der Waals surface area contributed by atoms with Gasteiger partial charge in [0.15, 0.2) is 0 Å². The molecule has 1 saturated heterocycles. The van der Waals surface area contributed by atoms with E-state index in [1.807, 2.05) is 38.7 Å². The fraction of sp³-hybridized carbons (Fsp3) is 0.667. The van der Waals surface area contributed by atoms with E-state index < -0.39 is 10.5 Å². The number of ether oxygens (including phenoxy) is 1. The van der Waals surface area contributed by atoms with E-state index in [2.05, 4.69) is 0 Å². The highest BCUT2D eigenvalue weighted by molar-refractivity contribution is 5.68. The number of nitrogens with zero attached hydrogens (tertiary/aromatic N) is 3. The molecule has 0 radical (unpaired) electrons. The van der Waals surface area contributed by atoms with Gasteiger partial charge in [0.05, 0.1) is 4.92 Å². The molecule has 1 aliphatic heterocycles. The highest BCUT2D eigenvalue weighted by Crippen LogP contribution is 2.16. The summed E-state index contributed by atoms with van der Waals surface area (Å²) in [6.07, 6.45) is 3.09. The number of hydrogen-bond acceptors (Lipinski definition) is 5. The fourth-order valence-corrected chi connectivity index (χ4v) is 2.10. The summed E-state index contributed by atoms with van der Waals surface area (Å²) in [6.45, 7) is 11.2. The summed E-state index contributed by atoms with van der Waals surface area (Å²) in [4.78, 5) is 26.0. The standard InChI is InChI=1S/C15H25N3O4/c1-6-13(11-12(2)18(20)21)16-7-9-17(10-8-16)14(19)22-15(3,4)5/h6,11H,7-10H2,1-5H3/b12-11+,13-6+. The van der Waals surface area contributed by atoms with Gasteiger partial charge >= 0.3 is 6.09 Å². The van der Waals surface area contributed by atoms with Crippen molar-refractivity contribution < 1.29 is 14.5 Å². The minimum atomic E-state index is -0.506. The van der Waals surface area contributed by atoms with Crippen LogP contribution >= 0.6 is 0 Å². The van der Waals surface area contributed by atoms with Gasteiger partial charge in [-0.25, -0.2) is 4.79 Å². The highest BCUT2D eigenvalue weighted by Gasteiger charge is 2.26. The van der Waals surface area contributed by atoms with Crippen LogP contribution in [0.2, 0.25) is 0 Å². The lowest BCUT2D eigenvalue weighted by atomic mass is 10.2. The Bertz CT molecular complexity index is 484. The first-order valence-electron chi connectivity index (χ1n) is 7.36. The molecule has 0 bridgehead atoms. The number of allylic oxidation sites excluding steroid dienone is 3. The van der Waals surface area contributed by atoms with Crippen molar-refractivity contribution >= 4 is 6.09 Å².